The van der Waals surface area contributed by atoms with Crippen LogP contribution >= 0.6 is 0 Å². The highest BCUT2D eigenvalue weighted by Gasteiger charge is 2.51. The normalized spacial score (nSPS) is 15.9. The van der Waals surface area contributed by atoms with Gasteiger partial charge in [-0.1, -0.05) is 23.8 Å². The fourth-order valence-electron chi connectivity index (χ4n) is 4.46. The Hall–Kier alpha value is -3.96. The van der Waals surface area contributed by atoms with Crippen molar-refractivity contribution in [1.29, 1.82) is 0 Å². The Morgan fingerprint density at radius 2 is 1.27 bits per heavy atom. The van der Waals surface area contributed by atoms with Crippen LogP contribution in [0.4, 0.5) is 40.8 Å². The summed E-state index contributed by atoms with van der Waals surface area (Å²) < 4.78 is 116. The smallest absolute Gasteiger partial charge is 0.347 e. The standard InChI is InChI=1S/C25H16F8N2O2/c1-9(2)13-15(16(25(31,32)33)14-10(3)34(4)12-8-6-5-7-11(12)14)24(37)35(23(13)36)22-20(29)18(27)17(26)19(28)21(22)30/h5-8H,1-4H3/b16-15+. The molecule has 0 N–H and O–H groups in total. The molecule has 4 rings (SSSR count). The molecule has 0 saturated carbocycles. The van der Waals surface area contributed by atoms with Gasteiger partial charge in [-0.2, -0.15) is 13.2 Å². The summed E-state index contributed by atoms with van der Waals surface area (Å²) in [6.45, 7) is 3.69. The number of aromatic nitrogens is 1. The maximum Gasteiger partial charge on any atom is 0.417 e. The Balaban J connectivity index is 2.17. The molecule has 1 fully saturated rings. The molecule has 0 bridgehead atoms. The van der Waals surface area contributed by atoms with Crippen molar-refractivity contribution < 1.29 is 44.7 Å². The van der Waals surface area contributed by atoms with Crippen LogP contribution < -0.4 is 4.90 Å². The molecule has 37 heavy (non-hydrogen) atoms. The summed E-state index contributed by atoms with van der Waals surface area (Å²) in [5, 5.41) is 0.0605. The third kappa shape index (κ3) is 3.65. The Morgan fingerprint density at radius 3 is 1.78 bits per heavy atom. The molecule has 12 heteroatoms. The predicted octanol–water partition coefficient (Wildman–Crippen LogP) is 6.41. The number of para-hydroxylation sites is 1. The number of rotatable bonds is 2. The van der Waals surface area contributed by atoms with Gasteiger partial charge >= 0.3 is 6.18 Å². The van der Waals surface area contributed by atoms with Gasteiger partial charge in [0, 0.05) is 29.2 Å². The zero-order valence-electron chi connectivity index (χ0n) is 19.5. The molecular weight excluding hydrogens is 512 g/mol. The number of imide groups is 1. The zero-order valence-corrected chi connectivity index (χ0v) is 19.5. The molecule has 3 aromatic rings. The van der Waals surface area contributed by atoms with Crippen LogP contribution in [0.5, 0.6) is 0 Å². The van der Waals surface area contributed by atoms with E-state index in [1.54, 1.807) is 6.07 Å². The van der Waals surface area contributed by atoms with E-state index < -0.39 is 79.9 Å². The van der Waals surface area contributed by atoms with Gasteiger partial charge in [-0.25, -0.2) is 26.9 Å². The Labute approximate surface area is 204 Å². The number of aryl methyl sites for hydroxylation is 1. The number of allylic oxidation sites excluding steroid dienone is 2. The van der Waals surface area contributed by atoms with Crippen LogP contribution in [0.15, 0.2) is 41.0 Å². The summed E-state index contributed by atoms with van der Waals surface area (Å²) in [7, 11) is 1.48. The van der Waals surface area contributed by atoms with E-state index in [1.807, 2.05) is 0 Å². The summed E-state index contributed by atoms with van der Waals surface area (Å²) >= 11 is 0. The van der Waals surface area contributed by atoms with Crippen LogP contribution in [0.1, 0.15) is 25.1 Å². The third-order valence-corrected chi connectivity index (χ3v) is 6.18. The largest absolute Gasteiger partial charge is 0.417 e. The maximum absolute atomic E-state index is 14.7. The van der Waals surface area contributed by atoms with Gasteiger partial charge in [0.05, 0.1) is 16.7 Å². The van der Waals surface area contributed by atoms with E-state index in [1.165, 1.54) is 50.6 Å². The van der Waals surface area contributed by atoms with Crippen molar-refractivity contribution in [2.24, 2.45) is 7.05 Å². The van der Waals surface area contributed by atoms with Crippen molar-refractivity contribution in [2.45, 2.75) is 26.9 Å². The molecule has 4 nitrogen and oxygen atoms in total. The quantitative estimate of drug-likeness (QED) is 0.127. The summed E-state index contributed by atoms with van der Waals surface area (Å²) in [6, 6.07) is 5.90. The van der Waals surface area contributed by atoms with Crippen LogP contribution in [0.2, 0.25) is 0 Å². The van der Waals surface area contributed by atoms with Crippen molar-refractivity contribution in [3.05, 3.63) is 81.3 Å². The SMILES string of the molecule is CC(C)=C1C(=O)N(c2c(F)c(F)c(F)c(F)c2F)C(=O)/C1=C(\c1c(C)n(C)c2ccccc12)C(F)(F)F. The molecule has 0 unspecified atom stereocenters. The van der Waals surface area contributed by atoms with E-state index in [9.17, 15) is 44.7 Å². The molecular formula is C25H16F8N2O2. The fourth-order valence-corrected chi connectivity index (χ4v) is 4.46. The number of benzene rings is 2. The van der Waals surface area contributed by atoms with Gasteiger partial charge in [-0.3, -0.25) is 9.59 Å². The minimum absolute atomic E-state index is 0.0454. The Bertz CT molecular complexity index is 1560. The first-order valence-corrected chi connectivity index (χ1v) is 10.6. The highest BCUT2D eigenvalue weighted by Crippen LogP contribution is 2.47. The van der Waals surface area contributed by atoms with Gasteiger partial charge in [0.2, 0.25) is 5.82 Å². The average Bonchev–Trinajstić information content (AvgIpc) is 3.22. The minimum atomic E-state index is -5.28. The maximum atomic E-state index is 14.7. The monoisotopic (exact) mass is 528 g/mol. The van der Waals surface area contributed by atoms with E-state index in [0.717, 1.165) is 0 Å². The lowest BCUT2D eigenvalue weighted by Gasteiger charge is -2.18. The van der Waals surface area contributed by atoms with Gasteiger partial charge in [-0.05, 0) is 26.8 Å². The summed E-state index contributed by atoms with van der Waals surface area (Å²) in [6.07, 6.45) is -5.28. The van der Waals surface area contributed by atoms with Crippen LogP contribution in [0, 0.1) is 36.0 Å². The van der Waals surface area contributed by atoms with Crippen molar-refractivity contribution in [2.75, 3.05) is 4.90 Å². The first-order valence-electron chi connectivity index (χ1n) is 10.6. The molecule has 0 radical (unpaired) electrons. The highest BCUT2D eigenvalue weighted by molar-refractivity contribution is 6.39. The molecule has 1 aromatic heterocycles. The second-order valence-electron chi connectivity index (χ2n) is 8.52. The summed E-state index contributed by atoms with van der Waals surface area (Å²) in [4.78, 5) is 26.1. The number of alkyl halides is 3. The van der Waals surface area contributed by atoms with Crippen molar-refractivity contribution >= 4 is 34.0 Å². The number of halogens is 8. The van der Waals surface area contributed by atoms with Gasteiger partial charge in [0.25, 0.3) is 11.8 Å². The lowest BCUT2D eigenvalue weighted by molar-refractivity contribution is -0.120. The van der Waals surface area contributed by atoms with E-state index in [-0.39, 0.29) is 16.7 Å². The van der Waals surface area contributed by atoms with Crippen molar-refractivity contribution in [3.63, 3.8) is 0 Å². The number of hydrogen-bond donors (Lipinski definition) is 0. The molecule has 2 amide bonds. The van der Waals surface area contributed by atoms with Crippen LogP contribution in [0.3, 0.4) is 0 Å². The minimum Gasteiger partial charge on any atom is -0.347 e. The number of nitrogens with zero attached hydrogens (tertiary/aromatic N) is 2. The van der Waals surface area contributed by atoms with Gasteiger partial charge in [-0.15, -0.1) is 0 Å². The third-order valence-electron chi connectivity index (χ3n) is 6.18. The molecule has 0 aliphatic carbocycles. The molecule has 1 aliphatic heterocycles. The van der Waals surface area contributed by atoms with Gasteiger partial charge in [0.1, 0.15) is 5.69 Å². The van der Waals surface area contributed by atoms with Crippen LogP contribution in [0.25, 0.3) is 16.5 Å². The first-order chi connectivity index (χ1) is 17.1. The lowest BCUT2D eigenvalue weighted by Crippen LogP contribution is -2.32. The number of carbonyl (C=O) groups excluding carboxylic acids is 2. The zero-order chi connectivity index (χ0) is 27.7. The van der Waals surface area contributed by atoms with E-state index in [2.05, 4.69) is 0 Å². The Morgan fingerprint density at radius 1 is 0.784 bits per heavy atom. The molecule has 2 heterocycles. The molecule has 1 saturated heterocycles. The lowest BCUT2D eigenvalue weighted by atomic mass is 9.91. The van der Waals surface area contributed by atoms with Crippen LogP contribution in [-0.4, -0.2) is 22.6 Å². The van der Waals surface area contributed by atoms with E-state index in [4.69, 9.17) is 0 Å². The number of carbonyl (C=O) groups is 2. The second kappa shape index (κ2) is 8.56. The van der Waals surface area contributed by atoms with Crippen LogP contribution in [-0.2, 0) is 16.6 Å². The first kappa shape index (κ1) is 26.1. The predicted molar refractivity (Wildman–Crippen MR) is 118 cm³/mol. The van der Waals surface area contributed by atoms with Crippen molar-refractivity contribution in [3.8, 4) is 0 Å². The summed E-state index contributed by atoms with van der Waals surface area (Å²) in [5.41, 5.74) is -5.90. The van der Waals surface area contributed by atoms with E-state index in [0.29, 0.717) is 5.52 Å². The fraction of sp³-hybridized carbons (Fsp3) is 0.200. The summed E-state index contributed by atoms with van der Waals surface area (Å²) in [5.74, 6) is -16.1. The number of amides is 2. The van der Waals surface area contributed by atoms with Crippen molar-refractivity contribution in [1.82, 2.24) is 4.57 Å². The average molecular weight is 528 g/mol. The number of hydrogen-bond acceptors (Lipinski definition) is 2. The molecule has 1 aliphatic rings. The van der Waals surface area contributed by atoms with E-state index >= 15 is 0 Å². The van der Waals surface area contributed by atoms with Gasteiger partial charge < -0.3 is 4.57 Å². The highest BCUT2D eigenvalue weighted by atomic mass is 19.4. The Kier molecular flexibility index (Phi) is 6.04. The molecule has 0 spiro atoms. The molecule has 194 valence electrons. The topological polar surface area (TPSA) is 42.3 Å². The number of fused-ring (bicyclic) bond motifs is 1. The second-order valence-corrected chi connectivity index (χ2v) is 8.52. The number of anilines is 1. The molecule has 2 aromatic carbocycles. The van der Waals surface area contributed by atoms with Gasteiger partial charge in [0.15, 0.2) is 23.3 Å². The molecule has 0 atom stereocenters.